The van der Waals surface area contributed by atoms with E-state index in [1.54, 1.807) is 11.3 Å². The van der Waals surface area contributed by atoms with Crippen molar-refractivity contribution in [2.45, 2.75) is 13.1 Å². The lowest BCUT2D eigenvalue weighted by molar-refractivity contribution is 0.0897. The Kier molecular flexibility index (Phi) is 3.20. The number of ketones is 1. The van der Waals surface area contributed by atoms with E-state index in [0.717, 1.165) is 29.2 Å². The Labute approximate surface area is 115 Å². The minimum absolute atomic E-state index is 0.213. The number of hydrogen-bond acceptors (Lipinski definition) is 3. The van der Waals surface area contributed by atoms with Gasteiger partial charge in [-0.1, -0.05) is 29.8 Å². The van der Waals surface area contributed by atoms with Gasteiger partial charge in [0.25, 0.3) is 0 Å². The maximum Gasteiger partial charge on any atom is 0.178 e. The zero-order valence-electron chi connectivity index (χ0n) is 9.73. The molecule has 92 valence electrons. The molecule has 1 aromatic carbocycles. The van der Waals surface area contributed by atoms with Crippen LogP contribution in [0.25, 0.3) is 0 Å². The molecule has 0 amide bonds. The Morgan fingerprint density at radius 1 is 1.22 bits per heavy atom. The van der Waals surface area contributed by atoms with E-state index < -0.39 is 0 Å². The van der Waals surface area contributed by atoms with E-state index in [1.165, 1.54) is 4.88 Å². The molecule has 0 saturated carbocycles. The molecule has 0 spiro atoms. The van der Waals surface area contributed by atoms with Crippen molar-refractivity contribution in [2.24, 2.45) is 0 Å². The fourth-order valence-corrected chi connectivity index (χ4v) is 3.37. The molecule has 1 aliphatic rings. The van der Waals surface area contributed by atoms with Crippen molar-refractivity contribution in [1.82, 2.24) is 4.90 Å². The quantitative estimate of drug-likeness (QED) is 0.836. The van der Waals surface area contributed by atoms with Gasteiger partial charge < -0.3 is 0 Å². The SMILES string of the molecule is O=C1CN(Cc2ccccc2Cl)Cc2sccc21. The number of Topliss-reactive ketones (excluding diaryl/α,β-unsaturated/α-hetero) is 1. The first-order valence-corrected chi connectivity index (χ1v) is 7.05. The molecule has 4 heteroatoms. The third-order valence-electron chi connectivity index (χ3n) is 3.13. The third-order valence-corrected chi connectivity index (χ3v) is 4.41. The lowest BCUT2D eigenvalue weighted by Gasteiger charge is -2.26. The zero-order chi connectivity index (χ0) is 12.5. The topological polar surface area (TPSA) is 20.3 Å². The first-order valence-electron chi connectivity index (χ1n) is 5.79. The third kappa shape index (κ3) is 2.21. The first kappa shape index (κ1) is 11.9. The molecule has 2 nitrogen and oxygen atoms in total. The van der Waals surface area contributed by atoms with Gasteiger partial charge in [0, 0.05) is 28.6 Å². The van der Waals surface area contributed by atoms with Crippen molar-refractivity contribution >= 4 is 28.7 Å². The second-order valence-electron chi connectivity index (χ2n) is 4.42. The van der Waals surface area contributed by atoms with Crippen molar-refractivity contribution in [3.8, 4) is 0 Å². The number of nitrogens with zero attached hydrogens (tertiary/aromatic N) is 1. The van der Waals surface area contributed by atoms with Crippen LogP contribution in [-0.4, -0.2) is 17.2 Å². The number of halogens is 1. The van der Waals surface area contributed by atoms with E-state index in [-0.39, 0.29) is 5.78 Å². The van der Waals surface area contributed by atoms with Crippen molar-refractivity contribution in [3.63, 3.8) is 0 Å². The van der Waals surface area contributed by atoms with Crippen LogP contribution in [0.2, 0.25) is 5.02 Å². The van der Waals surface area contributed by atoms with Crippen LogP contribution in [0.15, 0.2) is 35.7 Å². The molecule has 2 aromatic rings. The minimum Gasteiger partial charge on any atom is -0.293 e. The monoisotopic (exact) mass is 277 g/mol. The zero-order valence-corrected chi connectivity index (χ0v) is 11.3. The van der Waals surface area contributed by atoms with E-state index in [1.807, 2.05) is 35.7 Å². The molecule has 2 heterocycles. The van der Waals surface area contributed by atoms with Crippen LogP contribution < -0.4 is 0 Å². The Balaban J connectivity index is 1.81. The van der Waals surface area contributed by atoms with E-state index in [4.69, 9.17) is 11.6 Å². The predicted molar refractivity (Wildman–Crippen MR) is 74.2 cm³/mol. The summed E-state index contributed by atoms with van der Waals surface area (Å²) in [5.41, 5.74) is 1.97. The van der Waals surface area contributed by atoms with Crippen LogP contribution in [0, 0.1) is 0 Å². The standard InChI is InChI=1S/C14H12ClNOS/c15-12-4-2-1-3-10(12)7-16-8-13(17)11-5-6-18-14(11)9-16/h1-6H,7-9H2. The largest absolute Gasteiger partial charge is 0.293 e. The van der Waals surface area contributed by atoms with Gasteiger partial charge >= 0.3 is 0 Å². The molecule has 0 unspecified atom stereocenters. The highest BCUT2D eigenvalue weighted by molar-refractivity contribution is 7.10. The molecule has 0 bridgehead atoms. The number of hydrogen-bond donors (Lipinski definition) is 0. The average molecular weight is 278 g/mol. The summed E-state index contributed by atoms with van der Waals surface area (Å²) < 4.78 is 0. The molecule has 0 saturated heterocycles. The van der Waals surface area contributed by atoms with Gasteiger partial charge in [-0.3, -0.25) is 9.69 Å². The summed E-state index contributed by atoms with van der Waals surface area (Å²) in [5.74, 6) is 0.213. The Morgan fingerprint density at radius 2 is 2.06 bits per heavy atom. The van der Waals surface area contributed by atoms with Gasteiger partial charge in [0.15, 0.2) is 5.78 Å². The second kappa shape index (κ2) is 4.84. The van der Waals surface area contributed by atoms with Crippen LogP contribution in [0.3, 0.4) is 0 Å². The van der Waals surface area contributed by atoms with Crippen molar-refractivity contribution in [2.75, 3.05) is 6.54 Å². The lowest BCUT2D eigenvalue weighted by Crippen LogP contribution is -2.33. The molecule has 0 atom stereocenters. The Hall–Kier alpha value is -1.16. The summed E-state index contributed by atoms with van der Waals surface area (Å²) in [7, 11) is 0. The molecule has 0 radical (unpaired) electrons. The number of carbonyl (C=O) groups excluding carboxylic acids is 1. The number of fused-ring (bicyclic) bond motifs is 1. The molecule has 18 heavy (non-hydrogen) atoms. The molecule has 1 aliphatic heterocycles. The molecule has 1 aromatic heterocycles. The molecule has 0 fully saturated rings. The van der Waals surface area contributed by atoms with E-state index in [9.17, 15) is 4.79 Å². The van der Waals surface area contributed by atoms with Crippen molar-refractivity contribution in [3.05, 3.63) is 56.7 Å². The Morgan fingerprint density at radius 3 is 2.89 bits per heavy atom. The van der Waals surface area contributed by atoms with Gasteiger partial charge in [0.05, 0.1) is 6.54 Å². The first-order chi connectivity index (χ1) is 8.74. The smallest absolute Gasteiger partial charge is 0.178 e. The summed E-state index contributed by atoms with van der Waals surface area (Å²) in [6, 6.07) is 9.72. The second-order valence-corrected chi connectivity index (χ2v) is 5.83. The predicted octanol–water partition coefficient (Wildman–Crippen LogP) is 3.60. The number of benzene rings is 1. The fourth-order valence-electron chi connectivity index (χ4n) is 2.24. The summed E-state index contributed by atoms with van der Waals surface area (Å²) in [6.07, 6.45) is 0. The number of thiophene rings is 1. The van der Waals surface area contributed by atoms with Gasteiger partial charge in [-0.25, -0.2) is 0 Å². The number of rotatable bonds is 2. The van der Waals surface area contributed by atoms with E-state index in [2.05, 4.69) is 4.90 Å². The Bertz CT molecular complexity index is 593. The van der Waals surface area contributed by atoms with Gasteiger partial charge in [0.2, 0.25) is 0 Å². The molecular weight excluding hydrogens is 266 g/mol. The van der Waals surface area contributed by atoms with Crippen molar-refractivity contribution < 1.29 is 4.79 Å². The van der Waals surface area contributed by atoms with Crippen LogP contribution in [0.4, 0.5) is 0 Å². The lowest BCUT2D eigenvalue weighted by atomic mass is 10.1. The average Bonchev–Trinajstić information content (AvgIpc) is 2.81. The summed E-state index contributed by atoms with van der Waals surface area (Å²) in [5, 5.41) is 2.75. The van der Waals surface area contributed by atoms with E-state index >= 15 is 0 Å². The highest BCUT2D eigenvalue weighted by Gasteiger charge is 2.24. The van der Waals surface area contributed by atoms with Crippen LogP contribution in [0.5, 0.6) is 0 Å². The molecule has 0 N–H and O–H groups in total. The maximum absolute atomic E-state index is 12.0. The van der Waals surface area contributed by atoms with E-state index in [0.29, 0.717) is 6.54 Å². The van der Waals surface area contributed by atoms with Gasteiger partial charge in [0.1, 0.15) is 0 Å². The van der Waals surface area contributed by atoms with Gasteiger partial charge in [-0.2, -0.15) is 0 Å². The van der Waals surface area contributed by atoms with Crippen LogP contribution in [-0.2, 0) is 13.1 Å². The highest BCUT2D eigenvalue weighted by Crippen LogP contribution is 2.26. The van der Waals surface area contributed by atoms with Crippen LogP contribution in [0.1, 0.15) is 20.8 Å². The number of carbonyl (C=O) groups is 1. The van der Waals surface area contributed by atoms with Crippen molar-refractivity contribution in [1.29, 1.82) is 0 Å². The molecule has 3 rings (SSSR count). The normalized spacial score (nSPS) is 15.7. The van der Waals surface area contributed by atoms with Crippen LogP contribution >= 0.6 is 22.9 Å². The maximum atomic E-state index is 12.0. The fraction of sp³-hybridized carbons (Fsp3) is 0.214. The van der Waals surface area contributed by atoms with Gasteiger partial charge in [-0.05, 0) is 23.1 Å². The molecule has 0 aliphatic carbocycles. The summed E-state index contributed by atoms with van der Waals surface area (Å²) in [6.45, 7) is 2.04. The highest BCUT2D eigenvalue weighted by atomic mass is 35.5. The minimum atomic E-state index is 0.213. The van der Waals surface area contributed by atoms with Gasteiger partial charge in [-0.15, -0.1) is 11.3 Å². The molecular formula is C14H12ClNOS. The summed E-state index contributed by atoms with van der Waals surface area (Å²) in [4.78, 5) is 15.3. The summed E-state index contributed by atoms with van der Waals surface area (Å²) >= 11 is 7.80.